The zero-order valence-electron chi connectivity index (χ0n) is 24.0. The second-order valence-electron chi connectivity index (χ2n) is 10.9. The monoisotopic (exact) mass is 614 g/mol. The number of rotatable bonds is 7. The lowest BCUT2D eigenvalue weighted by Gasteiger charge is -2.25. The van der Waals surface area contributed by atoms with E-state index in [0.29, 0.717) is 27.7 Å². The molecule has 0 saturated heterocycles. The molecule has 7 rings (SSSR count). The minimum atomic E-state index is -4.01. The Labute approximate surface area is 258 Å². The molecular weight excluding hydrogens is 588 g/mol. The van der Waals surface area contributed by atoms with E-state index in [1.165, 1.54) is 10.2 Å². The molecule has 6 aromatic rings. The number of hydrogen-bond acceptors (Lipinski definition) is 6. The van der Waals surface area contributed by atoms with E-state index < -0.39 is 33.8 Å². The largest absolute Gasteiger partial charge is 0.322 e. The highest BCUT2D eigenvalue weighted by Crippen LogP contribution is 2.31. The van der Waals surface area contributed by atoms with Crippen LogP contribution in [0.1, 0.15) is 31.8 Å². The summed E-state index contributed by atoms with van der Waals surface area (Å²) in [4.78, 5) is 47.0. The van der Waals surface area contributed by atoms with Crippen LogP contribution in [0.2, 0.25) is 0 Å². The third-order valence-corrected chi connectivity index (χ3v) is 9.77. The third kappa shape index (κ3) is 4.76. The van der Waals surface area contributed by atoms with Crippen molar-refractivity contribution in [2.45, 2.75) is 24.3 Å². The molecule has 0 fully saturated rings. The number of para-hydroxylation sites is 2. The van der Waals surface area contributed by atoms with Gasteiger partial charge in [-0.1, -0.05) is 66.2 Å². The lowest BCUT2D eigenvalue weighted by atomic mass is 10.0. The molecule has 9 nitrogen and oxygen atoms in total. The normalized spacial score (nSPS) is 13.8. The summed E-state index contributed by atoms with van der Waals surface area (Å²) in [6, 6.07) is 27.6. The van der Waals surface area contributed by atoms with Crippen LogP contribution >= 0.6 is 0 Å². The maximum atomic E-state index is 14.2. The Bertz CT molecular complexity index is 2240. The molecule has 1 N–H and O–H groups in total. The van der Waals surface area contributed by atoms with Gasteiger partial charge in [0.05, 0.1) is 32.7 Å². The molecule has 222 valence electrons. The maximum Gasteiger partial charge on any atom is 0.268 e. The summed E-state index contributed by atoms with van der Waals surface area (Å²) >= 11 is 0. The van der Waals surface area contributed by atoms with Gasteiger partial charge in [0, 0.05) is 29.6 Å². The van der Waals surface area contributed by atoms with Crippen molar-refractivity contribution in [1.82, 2.24) is 13.9 Å². The first-order valence-corrected chi connectivity index (χ1v) is 15.7. The number of nitrogens with one attached hydrogen (secondary N) is 1. The lowest BCUT2D eigenvalue weighted by molar-refractivity contribution is -0.119. The van der Waals surface area contributed by atoms with Gasteiger partial charge in [-0.3, -0.25) is 24.3 Å². The first-order chi connectivity index (χ1) is 21.7. The van der Waals surface area contributed by atoms with Gasteiger partial charge in [-0.05, 0) is 55.0 Å². The number of carbonyl (C=O) groups is 3. The van der Waals surface area contributed by atoms with Crippen LogP contribution in [0, 0.1) is 6.92 Å². The second kappa shape index (κ2) is 10.8. The van der Waals surface area contributed by atoms with Crippen molar-refractivity contribution in [3.05, 3.63) is 138 Å². The summed E-state index contributed by atoms with van der Waals surface area (Å²) in [6.07, 6.45) is 2.95. The molecule has 10 heteroatoms. The summed E-state index contributed by atoms with van der Waals surface area (Å²) in [5.74, 6) is -1.80. The predicted octanol–water partition coefficient (Wildman–Crippen LogP) is 5.58. The van der Waals surface area contributed by atoms with E-state index in [0.717, 1.165) is 15.8 Å². The minimum Gasteiger partial charge on any atom is -0.322 e. The molecule has 0 spiro atoms. The molecule has 1 aliphatic heterocycles. The van der Waals surface area contributed by atoms with E-state index in [1.807, 2.05) is 19.1 Å². The number of nitrogens with zero attached hydrogens (tertiary/aromatic N) is 3. The molecule has 45 heavy (non-hydrogen) atoms. The fourth-order valence-corrected chi connectivity index (χ4v) is 7.22. The van der Waals surface area contributed by atoms with Gasteiger partial charge < -0.3 is 5.32 Å². The van der Waals surface area contributed by atoms with Crippen LogP contribution in [0.5, 0.6) is 0 Å². The standard InChI is InChI=1S/C35H26N4O5S/c1-22-15-17-25(18-16-22)45(43,44)38-21-24(26-10-4-5-14-30(26)38)20-31(39-34(41)27-11-2-3-12-28(27)35(39)42)33(40)37-29-13-6-8-23-9-7-19-36-32(23)29/h2-19,21,31H,20H2,1H3,(H,37,40)/t31-/m0/s1. The SMILES string of the molecule is Cc1ccc(S(=O)(=O)n2cc(C[C@@H](C(=O)Nc3cccc4cccnc34)N3C(=O)c4ccccc4C3=O)c3ccccc32)cc1. The fraction of sp³-hybridized carbons (Fsp3) is 0.0857. The van der Waals surface area contributed by atoms with Gasteiger partial charge >= 0.3 is 0 Å². The molecule has 0 radical (unpaired) electrons. The Morgan fingerprint density at radius 2 is 1.49 bits per heavy atom. The molecule has 3 amide bonds. The average molecular weight is 615 g/mol. The van der Waals surface area contributed by atoms with E-state index in [2.05, 4.69) is 10.3 Å². The summed E-state index contributed by atoms with van der Waals surface area (Å²) in [5, 5.41) is 4.27. The van der Waals surface area contributed by atoms with Crippen LogP contribution in [0.3, 0.4) is 0 Å². The number of imide groups is 1. The number of fused-ring (bicyclic) bond motifs is 3. The quantitative estimate of drug-likeness (QED) is 0.235. The van der Waals surface area contributed by atoms with Crippen molar-refractivity contribution in [3.8, 4) is 0 Å². The molecule has 2 aromatic heterocycles. The average Bonchev–Trinajstić information content (AvgIpc) is 3.55. The Morgan fingerprint density at radius 3 is 2.22 bits per heavy atom. The Hall–Kier alpha value is -5.61. The number of hydrogen-bond donors (Lipinski definition) is 1. The Balaban J connectivity index is 1.34. The van der Waals surface area contributed by atoms with E-state index in [1.54, 1.807) is 97.2 Å². The number of aromatic nitrogens is 2. The number of carbonyl (C=O) groups excluding carboxylic acids is 3. The zero-order valence-corrected chi connectivity index (χ0v) is 24.9. The highest BCUT2D eigenvalue weighted by atomic mass is 32.2. The van der Waals surface area contributed by atoms with Crippen LogP contribution in [-0.2, 0) is 21.2 Å². The van der Waals surface area contributed by atoms with Crippen molar-refractivity contribution >= 4 is 55.2 Å². The first kappa shape index (κ1) is 28.2. The van der Waals surface area contributed by atoms with Crippen molar-refractivity contribution < 1.29 is 22.8 Å². The van der Waals surface area contributed by atoms with Gasteiger partial charge in [-0.15, -0.1) is 0 Å². The Morgan fingerprint density at radius 1 is 0.822 bits per heavy atom. The van der Waals surface area contributed by atoms with Gasteiger partial charge in [0.15, 0.2) is 0 Å². The summed E-state index contributed by atoms with van der Waals surface area (Å²) < 4.78 is 28.8. The number of benzene rings is 4. The summed E-state index contributed by atoms with van der Waals surface area (Å²) in [7, 11) is -4.01. The second-order valence-corrected chi connectivity index (χ2v) is 12.7. The van der Waals surface area contributed by atoms with Crippen LogP contribution in [0.25, 0.3) is 21.8 Å². The van der Waals surface area contributed by atoms with Crippen LogP contribution < -0.4 is 5.32 Å². The Kier molecular flexibility index (Phi) is 6.78. The molecule has 4 aromatic carbocycles. The van der Waals surface area contributed by atoms with Crippen LogP contribution in [-0.4, -0.2) is 46.0 Å². The smallest absolute Gasteiger partial charge is 0.268 e. The highest BCUT2D eigenvalue weighted by molar-refractivity contribution is 7.90. The van der Waals surface area contributed by atoms with Crippen molar-refractivity contribution in [3.63, 3.8) is 0 Å². The molecular formula is C35H26N4O5S. The molecule has 1 atom stereocenters. The zero-order chi connectivity index (χ0) is 31.3. The van der Waals surface area contributed by atoms with Crippen molar-refractivity contribution in [2.24, 2.45) is 0 Å². The predicted molar refractivity (Wildman–Crippen MR) is 171 cm³/mol. The minimum absolute atomic E-state index is 0.110. The van der Waals surface area contributed by atoms with Gasteiger partial charge in [0.2, 0.25) is 5.91 Å². The number of amides is 3. The van der Waals surface area contributed by atoms with E-state index in [-0.39, 0.29) is 22.4 Å². The van der Waals surface area contributed by atoms with Crippen molar-refractivity contribution in [2.75, 3.05) is 5.32 Å². The molecule has 0 aliphatic carbocycles. The van der Waals surface area contributed by atoms with Gasteiger partial charge in [0.1, 0.15) is 6.04 Å². The number of pyridine rings is 1. The summed E-state index contributed by atoms with van der Waals surface area (Å²) in [6.45, 7) is 1.87. The van der Waals surface area contributed by atoms with Crippen molar-refractivity contribution in [1.29, 1.82) is 0 Å². The summed E-state index contributed by atoms with van der Waals surface area (Å²) in [5.41, 5.74) is 3.19. The highest BCUT2D eigenvalue weighted by Gasteiger charge is 2.43. The molecule has 0 unspecified atom stereocenters. The van der Waals surface area contributed by atoms with Gasteiger partial charge in [-0.25, -0.2) is 12.4 Å². The van der Waals surface area contributed by atoms with Crippen LogP contribution in [0.15, 0.2) is 120 Å². The molecule has 0 saturated carbocycles. The fourth-order valence-electron chi connectivity index (χ4n) is 5.82. The maximum absolute atomic E-state index is 14.2. The first-order valence-electron chi connectivity index (χ1n) is 14.3. The van der Waals surface area contributed by atoms with Crippen LogP contribution in [0.4, 0.5) is 5.69 Å². The van der Waals surface area contributed by atoms with E-state index in [9.17, 15) is 22.8 Å². The third-order valence-electron chi connectivity index (χ3n) is 8.08. The van der Waals surface area contributed by atoms with Gasteiger partial charge in [-0.2, -0.15) is 0 Å². The molecule has 3 heterocycles. The van der Waals surface area contributed by atoms with E-state index in [4.69, 9.17) is 0 Å². The van der Waals surface area contributed by atoms with E-state index >= 15 is 0 Å². The number of aryl methyl sites for hydroxylation is 1. The molecule has 1 aliphatic rings. The lowest BCUT2D eigenvalue weighted by Crippen LogP contribution is -2.48. The van der Waals surface area contributed by atoms with Gasteiger partial charge in [0.25, 0.3) is 21.8 Å². The number of anilines is 1. The topological polar surface area (TPSA) is 118 Å². The molecule has 0 bridgehead atoms.